The molecule has 0 bridgehead atoms. The van der Waals surface area contributed by atoms with Crippen LogP contribution in [0.4, 0.5) is 5.69 Å². The molecule has 0 fully saturated rings. The third-order valence-corrected chi connectivity index (χ3v) is 4.29. The Balaban J connectivity index is 2.21. The second-order valence-electron chi connectivity index (χ2n) is 6.15. The van der Waals surface area contributed by atoms with Gasteiger partial charge in [-0.2, -0.15) is 0 Å². The Hall–Kier alpha value is -2.56. The molecular weight excluding hydrogens is 276 g/mol. The van der Waals surface area contributed by atoms with Crippen LogP contribution < -0.4 is 5.73 Å². The number of hydrogen-bond acceptors (Lipinski definition) is 4. The third-order valence-electron chi connectivity index (χ3n) is 4.29. The number of anilines is 1. The summed E-state index contributed by atoms with van der Waals surface area (Å²) in [7, 11) is 0. The highest BCUT2D eigenvalue weighted by Gasteiger charge is 2.22. The molecule has 2 aromatic carbocycles. The van der Waals surface area contributed by atoms with Crippen molar-refractivity contribution < 1.29 is 5.11 Å². The first kappa shape index (κ1) is 14.4. The number of nitrogens with zero attached hydrogens (tertiary/aromatic N) is 3. The molecule has 5 nitrogen and oxygen atoms in total. The van der Waals surface area contributed by atoms with Crippen molar-refractivity contribution in [3.05, 3.63) is 42.0 Å². The number of benzene rings is 2. The number of fused-ring (bicyclic) bond motifs is 1. The summed E-state index contributed by atoms with van der Waals surface area (Å²) in [6, 6.07) is 11.3. The smallest absolute Gasteiger partial charge is 0.166 e. The molecule has 114 valence electrons. The van der Waals surface area contributed by atoms with Crippen LogP contribution in [0.15, 0.2) is 36.4 Å². The van der Waals surface area contributed by atoms with Crippen LogP contribution in [0.25, 0.3) is 16.7 Å². The minimum atomic E-state index is -0.0385. The first-order valence-electron chi connectivity index (χ1n) is 7.38. The number of nitrogens with two attached hydrogens (primary N) is 1. The minimum Gasteiger partial charge on any atom is -0.504 e. The molecule has 3 N–H and O–H groups in total. The molecule has 22 heavy (non-hydrogen) atoms. The van der Waals surface area contributed by atoms with Gasteiger partial charge in [0.15, 0.2) is 5.75 Å². The van der Waals surface area contributed by atoms with Gasteiger partial charge in [0.2, 0.25) is 0 Å². The fraction of sp³-hybridized carbons (Fsp3) is 0.294. The predicted octanol–water partition coefficient (Wildman–Crippen LogP) is 3.40. The highest BCUT2D eigenvalue weighted by Crippen LogP contribution is 2.36. The number of aromatic hydroxyl groups is 1. The first-order chi connectivity index (χ1) is 10.4. The maximum atomic E-state index is 10.3. The van der Waals surface area contributed by atoms with E-state index < -0.39 is 0 Å². The fourth-order valence-electron chi connectivity index (χ4n) is 2.36. The van der Waals surface area contributed by atoms with Crippen molar-refractivity contribution in [1.29, 1.82) is 0 Å². The van der Waals surface area contributed by atoms with Gasteiger partial charge in [-0.15, -0.1) is 15.0 Å². The van der Waals surface area contributed by atoms with Gasteiger partial charge >= 0.3 is 0 Å². The summed E-state index contributed by atoms with van der Waals surface area (Å²) in [5.41, 5.74) is 9.41. The molecule has 5 heteroatoms. The zero-order valence-corrected chi connectivity index (χ0v) is 13.0. The summed E-state index contributed by atoms with van der Waals surface area (Å²) in [6.45, 7) is 6.43. The number of phenols is 1. The largest absolute Gasteiger partial charge is 0.504 e. The van der Waals surface area contributed by atoms with E-state index in [1.165, 1.54) is 4.80 Å². The van der Waals surface area contributed by atoms with E-state index >= 15 is 0 Å². The maximum Gasteiger partial charge on any atom is 0.166 e. The molecule has 3 rings (SSSR count). The van der Waals surface area contributed by atoms with Crippen LogP contribution >= 0.6 is 0 Å². The van der Waals surface area contributed by atoms with Crippen molar-refractivity contribution in [3.63, 3.8) is 0 Å². The molecule has 0 unspecified atom stereocenters. The van der Waals surface area contributed by atoms with Gasteiger partial charge in [-0.25, -0.2) is 0 Å². The van der Waals surface area contributed by atoms with Gasteiger partial charge in [0, 0.05) is 0 Å². The van der Waals surface area contributed by atoms with E-state index in [0.717, 1.165) is 23.0 Å². The molecule has 0 atom stereocenters. The summed E-state index contributed by atoms with van der Waals surface area (Å²) in [5, 5.41) is 19.2. The van der Waals surface area contributed by atoms with Crippen LogP contribution in [0, 0.1) is 0 Å². The van der Waals surface area contributed by atoms with Crippen molar-refractivity contribution in [1.82, 2.24) is 15.0 Å². The monoisotopic (exact) mass is 296 g/mol. The zero-order chi connectivity index (χ0) is 15.9. The Bertz CT molecular complexity index is 803. The molecule has 1 aromatic heterocycles. The topological polar surface area (TPSA) is 77.0 Å². The predicted molar refractivity (Wildman–Crippen MR) is 88.3 cm³/mol. The van der Waals surface area contributed by atoms with Crippen molar-refractivity contribution in [2.75, 3.05) is 5.73 Å². The molecule has 0 saturated heterocycles. The Morgan fingerprint density at radius 2 is 1.73 bits per heavy atom. The van der Waals surface area contributed by atoms with Gasteiger partial charge in [-0.1, -0.05) is 32.9 Å². The van der Waals surface area contributed by atoms with Crippen LogP contribution in [-0.2, 0) is 5.41 Å². The number of aromatic nitrogens is 3. The third kappa shape index (κ3) is 2.28. The summed E-state index contributed by atoms with van der Waals surface area (Å²) >= 11 is 0. The number of nitrogen functional groups attached to an aromatic ring is 1. The molecule has 1 heterocycles. The van der Waals surface area contributed by atoms with E-state index in [0.29, 0.717) is 11.4 Å². The van der Waals surface area contributed by atoms with Gasteiger partial charge in [-0.3, -0.25) is 0 Å². The summed E-state index contributed by atoms with van der Waals surface area (Å²) in [6.07, 6.45) is 0.963. The first-order valence-corrected chi connectivity index (χ1v) is 7.38. The SMILES string of the molecule is CCC(C)(C)c1cc(N)c(O)c(-n2nc3ccccc3n2)c1. The summed E-state index contributed by atoms with van der Waals surface area (Å²) < 4.78 is 0. The Morgan fingerprint density at radius 3 is 2.27 bits per heavy atom. The van der Waals surface area contributed by atoms with Crippen LogP contribution in [-0.4, -0.2) is 20.1 Å². The van der Waals surface area contributed by atoms with E-state index in [1.807, 2.05) is 36.4 Å². The average Bonchev–Trinajstić information content (AvgIpc) is 2.93. The molecule has 0 aliphatic heterocycles. The number of rotatable bonds is 3. The maximum absolute atomic E-state index is 10.3. The second kappa shape index (κ2) is 5.02. The van der Waals surface area contributed by atoms with Crippen LogP contribution in [0.3, 0.4) is 0 Å². The average molecular weight is 296 g/mol. The van der Waals surface area contributed by atoms with Crippen molar-refractivity contribution in [2.45, 2.75) is 32.6 Å². The van der Waals surface area contributed by atoms with E-state index in [4.69, 9.17) is 5.73 Å². The number of hydrogen-bond donors (Lipinski definition) is 2. The molecule has 0 radical (unpaired) electrons. The molecular formula is C17H20N4O. The van der Waals surface area contributed by atoms with Crippen LogP contribution in [0.5, 0.6) is 5.75 Å². The van der Waals surface area contributed by atoms with Crippen molar-refractivity contribution in [2.24, 2.45) is 0 Å². The normalized spacial score (nSPS) is 12.0. The van der Waals surface area contributed by atoms with Crippen molar-refractivity contribution in [3.8, 4) is 11.4 Å². The lowest BCUT2D eigenvalue weighted by atomic mass is 9.82. The Morgan fingerprint density at radius 1 is 1.14 bits per heavy atom. The highest BCUT2D eigenvalue weighted by atomic mass is 16.3. The van der Waals surface area contributed by atoms with Gasteiger partial charge in [0.25, 0.3) is 0 Å². The molecule has 0 aliphatic rings. The lowest BCUT2D eigenvalue weighted by Crippen LogP contribution is -2.16. The quantitative estimate of drug-likeness (QED) is 0.573. The lowest BCUT2D eigenvalue weighted by molar-refractivity contribution is 0.466. The second-order valence-corrected chi connectivity index (χ2v) is 6.15. The molecule has 0 amide bonds. The van der Waals surface area contributed by atoms with Crippen LogP contribution in [0.2, 0.25) is 0 Å². The van der Waals surface area contributed by atoms with Gasteiger partial charge in [0.1, 0.15) is 16.7 Å². The zero-order valence-electron chi connectivity index (χ0n) is 13.0. The standard InChI is InChI=1S/C17H20N4O/c1-4-17(2,3)11-9-12(18)16(22)15(10-11)21-19-13-7-5-6-8-14(13)20-21/h5-10,22H,4,18H2,1-3H3. The Labute approximate surface area is 129 Å². The van der Waals surface area contributed by atoms with Crippen LogP contribution in [0.1, 0.15) is 32.8 Å². The van der Waals surface area contributed by atoms with Crippen molar-refractivity contribution >= 4 is 16.7 Å². The van der Waals surface area contributed by atoms with E-state index in [9.17, 15) is 5.11 Å². The van der Waals surface area contributed by atoms with Gasteiger partial charge in [-0.05, 0) is 41.7 Å². The molecule has 0 spiro atoms. The highest BCUT2D eigenvalue weighted by molar-refractivity contribution is 5.74. The van der Waals surface area contributed by atoms with E-state index in [-0.39, 0.29) is 11.2 Å². The van der Waals surface area contributed by atoms with E-state index in [1.54, 1.807) is 0 Å². The van der Waals surface area contributed by atoms with Gasteiger partial charge in [0.05, 0.1) is 5.69 Å². The molecule has 3 aromatic rings. The van der Waals surface area contributed by atoms with E-state index in [2.05, 4.69) is 31.0 Å². The molecule has 0 saturated carbocycles. The number of phenolic OH excluding ortho intramolecular Hbond substituents is 1. The Kier molecular flexibility index (Phi) is 3.28. The molecule has 0 aliphatic carbocycles. The van der Waals surface area contributed by atoms with Gasteiger partial charge < -0.3 is 10.8 Å². The minimum absolute atomic E-state index is 0.0101. The fourth-order valence-corrected chi connectivity index (χ4v) is 2.36. The lowest BCUT2D eigenvalue weighted by Gasteiger charge is -2.24. The summed E-state index contributed by atoms with van der Waals surface area (Å²) in [4.78, 5) is 1.45. The summed E-state index contributed by atoms with van der Waals surface area (Å²) in [5.74, 6) is 0.0101.